The largest absolute Gasteiger partial charge is 0.462 e. The van der Waals surface area contributed by atoms with Gasteiger partial charge in [0.25, 0.3) is 0 Å². The number of rotatable bonds is 39. The number of urea groups is 1. The molecule has 0 heterocycles. The van der Waals surface area contributed by atoms with Gasteiger partial charge in [-0.2, -0.15) is 0 Å². The van der Waals surface area contributed by atoms with Gasteiger partial charge >= 0.3 is 12.0 Å². The normalized spacial score (nSPS) is 13.7. The Balaban J connectivity index is 4.58. The molecule has 0 aromatic rings. The molecule has 1 radical (unpaired) electrons. The molecule has 0 aliphatic carbocycles. The molecule has 3 atom stereocenters. The van der Waals surface area contributed by atoms with Crippen LogP contribution in [-0.2, 0) is 18.5 Å². The summed E-state index contributed by atoms with van der Waals surface area (Å²) in [7, 11) is -0.372. The van der Waals surface area contributed by atoms with Crippen LogP contribution >= 0.6 is 19.3 Å². The highest BCUT2D eigenvalue weighted by molar-refractivity contribution is 8.53. The summed E-state index contributed by atoms with van der Waals surface area (Å²) < 4.78 is 32.5. The monoisotopic (exact) mass is 719 g/mol. The maximum absolute atomic E-state index is 12.7. The van der Waals surface area contributed by atoms with Crippen LogP contribution in [0.15, 0.2) is 0 Å². The smallest absolute Gasteiger partial charge is 0.315 e. The Morgan fingerprint density at radius 3 is 1.81 bits per heavy atom. The van der Waals surface area contributed by atoms with E-state index >= 15 is 0 Å². The van der Waals surface area contributed by atoms with Crippen molar-refractivity contribution in [2.24, 2.45) is 0 Å². The van der Waals surface area contributed by atoms with E-state index in [9.17, 15) is 9.59 Å². The van der Waals surface area contributed by atoms with Crippen molar-refractivity contribution in [3.8, 4) is 0 Å². The van der Waals surface area contributed by atoms with Gasteiger partial charge in [-0.25, -0.2) is 4.79 Å². The van der Waals surface area contributed by atoms with Crippen molar-refractivity contribution in [2.45, 2.75) is 206 Å². The molecule has 283 valence electrons. The fourth-order valence-corrected chi connectivity index (χ4v) is 6.48. The quantitative estimate of drug-likeness (QED) is 0.0216. The van der Waals surface area contributed by atoms with Gasteiger partial charge in [-0.1, -0.05) is 163 Å². The van der Waals surface area contributed by atoms with Crippen molar-refractivity contribution in [3.05, 3.63) is 0 Å². The average molecular weight is 719 g/mol. The standard InChI is InChI=1S/C38H77BN2O5PS/c1-4-7-10-13-15-17-19-21-24-27-31-40-38(43)41-35(34-45-48-47-39)33-44-32-30-36(28-25-22-12-9-6-3)46-37(42)29-26-23-20-18-16-14-11-8-5-2/h35-36,39,47H,4-34H2,1-3H3,(H2,40,41,43)/t35-,36-,47?/m1/s1/i39T,47D. The summed E-state index contributed by atoms with van der Waals surface area (Å²) in [6, 6.07) is -0.648. The van der Waals surface area contributed by atoms with Crippen molar-refractivity contribution >= 4 is 38.8 Å². The number of hydrogen-bond donors (Lipinski definition) is 2. The van der Waals surface area contributed by atoms with Gasteiger partial charge in [0, 0.05) is 31.0 Å². The summed E-state index contributed by atoms with van der Waals surface area (Å²) in [5.74, 6) is -0.103. The second-order valence-corrected chi connectivity index (χ2v) is 15.2. The molecule has 0 saturated heterocycles. The molecule has 0 fully saturated rings. The van der Waals surface area contributed by atoms with Crippen LogP contribution in [0.1, 0.15) is 194 Å². The molecular weight excluding hydrogens is 638 g/mol. The fraction of sp³-hybridized carbons (Fsp3) is 0.947. The number of esters is 1. The summed E-state index contributed by atoms with van der Waals surface area (Å²) in [4.78, 5) is 25.4. The van der Waals surface area contributed by atoms with Crippen LogP contribution in [-0.4, -0.2) is 60.7 Å². The van der Waals surface area contributed by atoms with Crippen LogP contribution < -0.4 is 10.6 Å². The number of ether oxygens (including phenoxy) is 2. The third kappa shape index (κ3) is 35.3. The second kappa shape index (κ2) is 39.3. The van der Waals surface area contributed by atoms with Gasteiger partial charge in [-0.05, 0) is 27.0 Å². The highest BCUT2D eigenvalue weighted by Crippen LogP contribution is 2.24. The molecule has 0 aliphatic rings. The van der Waals surface area contributed by atoms with Gasteiger partial charge in [0.2, 0.25) is 0 Å². The Morgan fingerprint density at radius 1 is 0.729 bits per heavy atom. The summed E-state index contributed by atoms with van der Waals surface area (Å²) in [6.07, 6.45) is 31.1. The third-order valence-corrected chi connectivity index (χ3v) is 9.73. The molecule has 0 aromatic heterocycles. The SMILES string of the molecule is [2H]P([B][3H])SOC[C@@H](COCC[C@@H](CCCCCCC)OC(=O)CCCCCCCCCCC)NC(=O)NCCCCCCCCCCCC. The van der Waals surface area contributed by atoms with Crippen LogP contribution in [0.4, 0.5) is 4.79 Å². The van der Waals surface area contributed by atoms with Gasteiger partial charge in [0.05, 0.1) is 27.1 Å². The molecule has 1 unspecified atom stereocenters. The zero-order chi connectivity index (χ0) is 36.8. The van der Waals surface area contributed by atoms with Crippen molar-refractivity contribution in [2.75, 3.05) is 26.4 Å². The molecule has 7 nitrogen and oxygen atoms in total. The molecule has 0 aliphatic heterocycles. The van der Waals surface area contributed by atoms with Crippen LogP contribution in [0, 0.1) is 0 Å². The van der Waals surface area contributed by atoms with Gasteiger partial charge in [-0.3, -0.25) is 4.79 Å². The lowest BCUT2D eigenvalue weighted by molar-refractivity contribution is -0.150. The Morgan fingerprint density at radius 2 is 1.25 bits per heavy atom. The molecular formula is C38H77BN2O5PS. The van der Waals surface area contributed by atoms with E-state index in [1.165, 1.54) is 116 Å². The van der Waals surface area contributed by atoms with E-state index in [4.69, 9.17) is 16.3 Å². The molecule has 0 rings (SSSR count). The van der Waals surface area contributed by atoms with Gasteiger partial charge in [0.1, 0.15) is 13.6 Å². The Bertz CT molecular complexity index is 753. The number of amides is 2. The van der Waals surface area contributed by atoms with Crippen molar-refractivity contribution in [1.82, 2.24) is 10.6 Å². The second-order valence-electron chi connectivity index (χ2n) is 13.5. The minimum atomic E-state index is -1.44. The zero-order valence-electron chi connectivity index (χ0n) is 33.5. The number of nitrogens with one attached hydrogen (secondary N) is 2. The molecule has 2 amide bonds. The van der Waals surface area contributed by atoms with Crippen LogP contribution in [0.3, 0.4) is 0 Å². The summed E-state index contributed by atoms with van der Waals surface area (Å²) in [5.41, 5.74) is 0. The first-order valence-electron chi connectivity index (χ1n) is 21.1. The van der Waals surface area contributed by atoms with E-state index in [1.807, 2.05) is 0 Å². The fourth-order valence-electron chi connectivity index (χ4n) is 5.83. The van der Waals surface area contributed by atoms with E-state index in [2.05, 4.69) is 31.4 Å². The first-order valence-corrected chi connectivity index (χ1v) is 22.4. The van der Waals surface area contributed by atoms with Crippen LogP contribution in [0.2, 0.25) is 0 Å². The Labute approximate surface area is 307 Å². The van der Waals surface area contributed by atoms with E-state index in [0.717, 1.165) is 64.1 Å². The lowest BCUT2D eigenvalue weighted by Gasteiger charge is -2.21. The predicted octanol–water partition coefficient (Wildman–Crippen LogP) is 11.2. The molecule has 0 bridgehead atoms. The highest BCUT2D eigenvalue weighted by atomic mass is 32.7. The third-order valence-electron chi connectivity index (χ3n) is 8.83. The number of carbonyl (C=O) groups excluding carboxylic acids is 2. The van der Waals surface area contributed by atoms with Gasteiger partial charge in [0.15, 0.2) is 0 Å². The first-order chi connectivity index (χ1) is 24.5. The summed E-state index contributed by atoms with van der Waals surface area (Å²) in [5, 5.41) is 5.92. The zero-order valence-corrected chi connectivity index (χ0v) is 33.3. The molecule has 0 spiro atoms. The van der Waals surface area contributed by atoms with Crippen molar-refractivity contribution in [1.29, 1.82) is 2.61 Å². The van der Waals surface area contributed by atoms with Crippen molar-refractivity contribution < 1.29 is 23.2 Å². The lowest BCUT2D eigenvalue weighted by atomic mass is 10.1. The minimum Gasteiger partial charge on any atom is -0.462 e. The molecule has 10 heteroatoms. The minimum absolute atomic E-state index is 0.103. The lowest BCUT2D eigenvalue weighted by Crippen LogP contribution is -2.46. The average Bonchev–Trinajstić information content (AvgIpc) is 3.11. The van der Waals surface area contributed by atoms with Crippen LogP contribution in [0.5, 0.6) is 0 Å². The Hall–Kier alpha value is -0.495. The van der Waals surface area contributed by atoms with E-state index in [-0.39, 0.29) is 31.3 Å². The number of hydrogen-bond acceptors (Lipinski definition) is 6. The molecule has 48 heavy (non-hydrogen) atoms. The van der Waals surface area contributed by atoms with Gasteiger partial charge < -0.3 is 24.3 Å². The molecule has 2 N–H and O–H groups in total. The maximum Gasteiger partial charge on any atom is 0.315 e. The molecule has 0 saturated carbocycles. The van der Waals surface area contributed by atoms with Gasteiger partial charge in [-0.15, -0.1) is 0 Å². The molecule has 0 aromatic carbocycles. The number of unbranched alkanes of at least 4 members (excludes halogenated alkanes) is 21. The number of carbonyl (C=O) groups is 2. The topological polar surface area (TPSA) is 85.9 Å². The van der Waals surface area contributed by atoms with E-state index < -0.39 is 13.6 Å². The first kappa shape index (κ1) is 43.7. The van der Waals surface area contributed by atoms with E-state index in [1.54, 1.807) is 0 Å². The van der Waals surface area contributed by atoms with E-state index in [0.29, 0.717) is 26.0 Å². The Kier molecular flexibility index (Phi) is 35.7. The van der Waals surface area contributed by atoms with Crippen molar-refractivity contribution in [3.63, 3.8) is 0 Å². The summed E-state index contributed by atoms with van der Waals surface area (Å²) >= 11 is 0.951. The maximum atomic E-state index is 12.7. The summed E-state index contributed by atoms with van der Waals surface area (Å²) in [6.45, 7) is 8.18. The van der Waals surface area contributed by atoms with Crippen LogP contribution in [0.25, 0.3) is 0 Å². The highest BCUT2D eigenvalue weighted by Gasteiger charge is 2.17. The predicted molar refractivity (Wildman–Crippen MR) is 212 cm³/mol.